The predicted molar refractivity (Wildman–Crippen MR) is 123 cm³/mol. The van der Waals surface area contributed by atoms with Crippen LogP contribution in [0.3, 0.4) is 0 Å². The van der Waals surface area contributed by atoms with Crippen LogP contribution in [0, 0.1) is 5.82 Å². The first-order valence-electron chi connectivity index (χ1n) is 10.7. The smallest absolute Gasteiger partial charge is 0.260 e. The monoisotopic (exact) mass is 448 g/mol. The van der Waals surface area contributed by atoms with E-state index in [1.54, 1.807) is 36.3 Å². The third kappa shape index (κ3) is 5.88. The molecule has 170 valence electrons. The Morgan fingerprint density at radius 3 is 2.55 bits per heavy atom. The molecular formula is C26H25FN2O4. The van der Waals surface area contributed by atoms with Crippen molar-refractivity contribution in [3.05, 3.63) is 95.8 Å². The number of rotatable bonds is 9. The number of halogens is 1. The van der Waals surface area contributed by atoms with Gasteiger partial charge in [0, 0.05) is 18.5 Å². The van der Waals surface area contributed by atoms with Gasteiger partial charge in [-0.15, -0.1) is 0 Å². The van der Waals surface area contributed by atoms with Crippen LogP contribution in [0.4, 0.5) is 4.39 Å². The Bertz CT molecular complexity index is 1100. The van der Waals surface area contributed by atoms with Gasteiger partial charge in [0.1, 0.15) is 17.3 Å². The fourth-order valence-corrected chi connectivity index (χ4v) is 3.63. The lowest BCUT2D eigenvalue weighted by atomic mass is 10.0. The minimum Gasteiger partial charge on any atom is -0.496 e. The van der Waals surface area contributed by atoms with E-state index in [-0.39, 0.29) is 24.4 Å². The second kappa shape index (κ2) is 10.6. The fraction of sp³-hybridized carbons (Fsp3) is 0.231. The Morgan fingerprint density at radius 1 is 1.06 bits per heavy atom. The minimum absolute atomic E-state index is 0.113. The highest BCUT2D eigenvalue weighted by atomic mass is 19.1. The molecule has 1 amide bonds. The Hall–Kier alpha value is -3.87. The van der Waals surface area contributed by atoms with Crippen molar-refractivity contribution in [3.8, 4) is 11.5 Å². The third-order valence-corrected chi connectivity index (χ3v) is 5.32. The molecule has 0 spiro atoms. The highest BCUT2D eigenvalue weighted by molar-refractivity contribution is 6.03. The number of methoxy groups -OCH3 is 1. The molecule has 0 fully saturated rings. The molecule has 0 aliphatic carbocycles. The minimum atomic E-state index is -0.321. The van der Waals surface area contributed by atoms with E-state index >= 15 is 0 Å². The highest BCUT2D eigenvalue weighted by Crippen LogP contribution is 2.25. The van der Waals surface area contributed by atoms with Crippen LogP contribution in [-0.4, -0.2) is 42.9 Å². The van der Waals surface area contributed by atoms with E-state index in [0.29, 0.717) is 25.3 Å². The van der Waals surface area contributed by atoms with E-state index in [0.717, 1.165) is 22.6 Å². The van der Waals surface area contributed by atoms with Crippen LogP contribution in [0.15, 0.2) is 84.0 Å². The number of para-hydroxylation sites is 2. The molecule has 1 aliphatic rings. The topological polar surface area (TPSA) is 60.4 Å². The summed E-state index contributed by atoms with van der Waals surface area (Å²) in [5.41, 5.74) is 2.45. The molecule has 7 heteroatoms. The summed E-state index contributed by atoms with van der Waals surface area (Å²) in [6.07, 6.45) is 0.221. The Balaban J connectivity index is 1.44. The molecule has 0 saturated carbocycles. The van der Waals surface area contributed by atoms with Crippen molar-refractivity contribution in [1.29, 1.82) is 0 Å². The van der Waals surface area contributed by atoms with Crippen LogP contribution in [0.25, 0.3) is 0 Å². The maximum absolute atomic E-state index is 13.3. The molecule has 0 radical (unpaired) electrons. The summed E-state index contributed by atoms with van der Waals surface area (Å²) in [7, 11) is 1.61. The Labute approximate surface area is 192 Å². The normalized spacial score (nSPS) is 14.8. The first-order valence-corrected chi connectivity index (χ1v) is 10.7. The standard InChI is InChI=1S/C26H25FN2O4/c1-31-25-10-6-5-9-23(25)24-15-22(33-28-24)17-29(16-19-11-13-20(27)14-12-19)26(30)18-32-21-7-3-2-4-8-21/h2-14,22H,15-18H2,1H3/t22-/m0/s1. The van der Waals surface area contributed by atoms with E-state index in [1.807, 2.05) is 42.5 Å². The van der Waals surface area contributed by atoms with E-state index in [9.17, 15) is 9.18 Å². The molecular weight excluding hydrogens is 423 g/mol. The van der Waals surface area contributed by atoms with Gasteiger partial charge in [0.15, 0.2) is 12.7 Å². The van der Waals surface area contributed by atoms with Crippen molar-refractivity contribution in [1.82, 2.24) is 4.90 Å². The van der Waals surface area contributed by atoms with Gasteiger partial charge in [-0.3, -0.25) is 4.79 Å². The molecule has 0 unspecified atom stereocenters. The van der Waals surface area contributed by atoms with Gasteiger partial charge in [0.25, 0.3) is 5.91 Å². The van der Waals surface area contributed by atoms with Gasteiger partial charge in [-0.05, 0) is 42.0 Å². The zero-order chi connectivity index (χ0) is 23.0. The lowest BCUT2D eigenvalue weighted by molar-refractivity contribution is -0.135. The first kappa shape index (κ1) is 22.3. The van der Waals surface area contributed by atoms with Gasteiger partial charge < -0.3 is 19.2 Å². The summed E-state index contributed by atoms with van der Waals surface area (Å²) >= 11 is 0. The second-order valence-electron chi connectivity index (χ2n) is 7.67. The van der Waals surface area contributed by atoms with Crippen LogP contribution < -0.4 is 9.47 Å². The molecule has 6 nitrogen and oxygen atoms in total. The Kier molecular flexibility index (Phi) is 7.19. The number of amides is 1. The Morgan fingerprint density at radius 2 is 1.79 bits per heavy atom. The van der Waals surface area contributed by atoms with E-state index in [1.165, 1.54) is 12.1 Å². The lowest BCUT2D eigenvalue weighted by Crippen LogP contribution is -2.40. The van der Waals surface area contributed by atoms with E-state index in [4.69, 9.17) is 14.3 Å². The van der Waals surface area contributed by atoms with Crippen molar-refractivity contribution in [2.24, 2.45) is 5.16 Å². The van der Waals surface area contributed by atoms with Gasteiger partial charge in [-0.2, -0.15) is 0 Å². The molecule has 4 rings (SSSR count). The third-order valence-electron chi connectivity index (χ3n) is 5.32. The van der Waals surface area contributed by atoms with Gasteiger partial charge in [0.2, 0.25) is 0 Å². The number of carbonyl (C=O) groups excluding carboxylic acids is 1. The average molecular weight is 448 g/mol. The predicted octanol–water partition coefficient (Wildman–Crippen LogP) is 4.44. The largest absolute Gasteiger partial charge is 0.496 e. The molecule has 0 aromatic heterocycles. The van der Waals surface area contributed by atoms with Gasteiger partial charge in [-0.1, -0.05) is 47.6 Å². The molecule has 0 saturated heterocycles. The molecule has 3 aromatic carbocycles. The number of carbonyl (C=O) groups is 1. The number of benzene rings is 3. The number of oxime groups is 1. The van der Waals surface area contributed by atoms with Gasteiger partial charge >= 0.3 is 0 Å². The SMILES string of the molecule is COc1ccccc1C1=NO[C@H](CN(Cc2ccc(F)cc2)C(=O)COc2ccccc2)C1. The molecule has 33 heavy (non-hydrogen) atoms. The quantitative estimate of drug-likeness (QED) is 0.486. The molecule has 1 atom stereocenters. The number of hydrogen-bond acceptors (Lipinski definition) is 5. The maximum atomic E-state index is 13.3. The number of ether oxygens (including phenoxy) is 2. The summed E-state index contributed by atoms with van der Waals surface area (Å²) in [4.78, 5) is 20.4. The second-order valence-corrected chi connectivity index (χ2v) is 7.67. The van der Waals surface area contributed by atoms with Crippen LogP contribution in [0.1, 0.15) is 17.5 Å². The zero-order valence-electron chi connectivity index (χ0n) is 18.3. The molecule has 0 bridgehead atoms. The highest BCUT2D eigenvalue weighted by Gasteiger charge is 2.28. The summed E-state index contributed by atoms with van der Waals surface area (Å²) < 4.78 is 24.4. The summed E-state index contributed by atoms with van der Waals surface area (Å²) in [5.74, 6) is 0.818. The zero-order valence-corrected chi connectivity index (χ0v) is 18.3. The average Bonchev–Trinajstić information content (AvgIpc) is 3.32. The van der Waals surface area contributed by atoms with Crippen molar-refractivity contribution < 1.29 is 23.5 Å². The number of hydrogen-bond donors (Lipinski definition) is 0. The molecule has 1 aliphatic heterocycles. The van der Waals surface area contributed by atoms with Crippen molar-refractivity contribution >= 4 is 11.6 Å². The maximum Gasteiger partial charge on any atom is 0.260 e. The summed E-state index contributed by atoms with van der Waals surface area (Å²) in [6.45, 7) is 0.510. The van der Waals surface area contributed by atoms with Gasteiger partial charge in [0.05, 0.1) is 19.4 Å². The van der Waals surface area contributed by atoms with Crippen molar-refractivity contribution in [2.45, 2.75) is 19.1 Å². The van der Waals surface area contributed by atoms with Crippen LogP contribution in [0.2, 0.25) is 0 Å². The van der Waals surface area contributed by atoms with E-state index < -0.39 is 0 Å². The summed E-state index contributed by atoms with van der Waals surface area (Å²) in [6, 6.07) is 22.9. The van der Waals surface area contributed by atoms with Crippen molar-refractivity contribution in [3.63, 3.8) is 0 Å². The lowest BCUT2D eigenvalue weighted by Gasteiger charge is -2.25. The number of nitrogens with zero attached hydrogens (tertiary/aromatic N) is 2. The van der Waals surface area contributed by atoms with Crippen LogP contribution >= 0.6 is 0 Å². The van der Waals surface area contributed by atoms with Gasteiger partial charge in [-0.25, -0.2) is 4.39 Å². The summed E-state index contributed by atoms with van der Waals surface area (Å²) in [5, 5.41) is 4.24. The van der Waals surface area contributed by atoms with Crippen molar-refractivity contribution in [2.75, 3.05) is 20.3 Å². The van der Waals surface area contributed by atoms with Crippen LogP contribution in [0.5, 0.6) is 11.5 Å². The first-order chi connectivity index (χ1) is 16.1. The van der Waals surface area contributed by atoms with E-state index in [2.05, 4.69) is 5.16 Å². The molecule has 1 heterocycles. The van der Waals surface area contributed by atoms with Crippen LogP contribution in [-0.2, 0) is 16.2 Å². The fourth-order valence-electron chi connectivity index (χ4n) is 3.63. The molecule has 3 aromatic rings. The molecule has 0 N–H and O–H groups in total.